The highest BCUT2D eigenvalue weighted by Crippen LogP contribution is 2.35. The van der Waals surface area contributed by atoms with Gasteiger partial charge in [0.1, 0.15) is 5.56 Å². The Morgan fingerprint density at radius 3 is 2.71 bits per heavy atom. The minimum atomic E-state index is -4.12. The van der Waals surface area contributed by atoms with Gasteiger partial charge in [0.15, 0.2) is 26.4 Å². The monoisotopic (exact) mass is 500 g/mol. The van der Waals surface area contributed by atoms with E-state index in [2.05, 4.69) is 10.3 Å². The predicted molar refractivity (Wildman–Crippen MR) is 129 cm³/mol. The van der Waals surface area contributed by atoms with Gasteiger partial charge in [-0.15, -0.1) is 0 Å². The van der Waals surface area contributed by atoms with E-state index in [0.29, 0.717) is 41.5 Å². The highest BCUT2D eigenvalue weighted by Gasteiger charge is 2.30. The lowest BCUT2D eigenvalue weighted by Gasteiger charge is -2.19. The van der Waals surface area contributed by atoms with Crippen molar-refractivity contribution in [2.24, 2.45) is 5.73 Å². The first-order valence-corrected chi connectivity index (χ1v) is 12.6. The topological polar surface area (TPSA) is 132 Å². The van der Waals surface area contributed by atoms with Crippen LogP contribution >= 0.6 is 0 Å². The summed E-state index contributed by atoms with van der Waals surface area (Å²) >= 11 is 0. The summed E-state index contributed by atoms with van der Waals surface area (Å²) < 4.78 is 45.8. The predicted octanol–water partition coefficient (Wildman–Crippen LogP) is 2.93. The number of fused-ring (bicyclic) bond motifs is 1. The fourth-order valence-electron chi connectivity index (χ4n) is 4.14. The first-order valence-electron chi connectivity index (χ1n) is 11.0. The number of primary amides is 1. The van der Waals surface area contributed by atoms with E-state index in [9.17, 15) is 22.4 Å². The summed E-state index contributed by atoms with van der Waals surface area (Å²) in [4.78, 5) is 30.4. The Kier molecular flexibility index (Phi) is 6.62. The number of aromatic nitrogens is 1. The maximum absolute atomic E-state index is 13.9. The zero-order valence-corrected chi connectivity index (χ0v) is 20.1. The van der Waals surface area contributed by atoms with Gasteiger partial charge in [-0.2, -0.15) is 0 Å². The Labute approximate surface area is 202 Å². The minimum absolute atomic E-state index is 0.00915. The van der Waals surface area contributed by atoms with Crippen molar-refractivity contribution in [1.29, 1.82) is 0 Å². The van der Waals surface area contributed by atoms with Crippen LogP contribution in [0.4, 0.5) is 15.8 Å². The van der Waals surface area contributed by atoms with Crippen LogP contribution in [-0.2, 0) is 14.6 Å². The summed E-state index contributed by atoms with van der Waals surface area (Å²) in [6.45, 7) is 2.24. The molecule has 35 heavy (non-hydrogen) atoms. The number of nitrogens with one attached hydrogen (secondary N) is 1. The number of halogens is 1. The number of hydrogen-bond donors (Lipinski definition) is 2. The van der Waals surface area contributed by atoms with Crippen LogP contribution in [0.25, 0.3) is 10.9 Å². The van der Waals surface area contributed by atoms with Gasteiger partial charge >= 0.3 is 0 Å². The lowest BCUT2D eigenvalue weighted by Crippen LogP contribution is -2.31. The van der Waals surface area contributed by atoms with Crippen LogP contribution in [-0.4, -0.2) is 56.1 Å². The number of methoxy groups -OCH3 is 1. The molecule has 0 unspecified atom stereocenters. The summed E-state index contributed by atoms with van der Waals surface area (Å²) in [5.74, 6) is -2.12. The number of nitrogens with zero attached hydrogens (tertiary/aromatic N) is 2. The van der Waals surface area contributed by atoms with E-state index in [1.54, 1.807) is 25.1 Å². The fourth-order valence-corrected chi connectivity index (χ4v) is 5.54. The van der Waals surface area contributed by atoms with Gasteiger partial charge in [-0.05, 0) is 31.0 Å². The molecule has 2 heterocycles. The molecule has 9 nitrogen and oxygen atoms in total. The quantitative estimate of drug-likeness (QED) is 0.486. The smallest absolute Gasteiger partial charge is 0.253 e. The molecule has 1 fully saturated rings. The molecular formula is C24H25FN4O5S. The van der Waals surface area contributed by atoms with Crippen molar-refractivity contribution in [2.75, 3.05) is 31.3 Å². The number of anilines is 2. The molecule has 11 heteroatoms. The number of pyridine rings is 1. The third-order valence-corrected chi connectivity index (χ3v) is 7.55. The summed E-state index contributed by atoms with van der Waals surface area (Å²) in [6, 6.07) is 9.19. The number of rotatable bonds is 8. The van der Waals surface area contributed by atoms with Crippen LogP contribution in [0.15, 0.2) is 41.4 Å². The van der Waals surface area contributed by atoms with E-state index >= 15 is 0 Å². The fraction of sp³-hybridized carbons (Fsp3) is 0.292. The Bertz CT molecular complexity index is 1440. The van der Waals surface area contributed by atoms with E-state index < -0.39 is 32.3 Å². The highest BCUT2D eigenvalue weighted by atomic mass is 32.2. The second kappa shape index (κ2) is 9.49. The number of likely N-dealkylation sites (tertiary alicyclic amines) is 1. The maximum atomic E-state index is 13.9. The molecule has 1 aliphatic rings. The molecule has 2 amide bonds. The third kappa shape index (κ3) is 4.76. The number of hydrogen-bond acceptors (Lipinski definition) is 7. The number of sulfone groups is 1. The normalized spacial score (nSPS) is 13.9. The standard InChI is InChI=1S/C24H25FN4O5S/c1-14-5-3-6-16-21(14)28-24(35(32,33)12-11-29-10-4-7-19(29)30)20(23(26)31)22(16)27-15-8-9-17(25)18(13-15)34-2/h3,5-6,8-9,13H,4,7,10-12H2,1-2H3,(H2,26,31)(H,27,28). The van der Waals surface area contributed by atoms with E-state index in [1.807, 2.05) is 0 Å². The van der Waals surface area contributed by atoms with Crippen molar-refractivity contribution in [2.45, 2.75) is 24.8 Å². The van der Waals surface area contributed by atoms with Crippen LogP contribution < -0.4 is 15.8 Å². The summed E-state index contributed by atoms with van der Waals surface area (Å²) in [6.07, 6.45) is 1.06. The molecule has 4 rings (SSSR count). The number of ether oxygens (including phenoxy) is 1. The van der Waals surface area contributed by atoms with Gasteiger partial charge in [0.05, 0.1) is 24.1 Å². The second-order valence-corrected chi connectivity index (χ2v) is 10.3. The average molecular weight is 501 g/mol. The molecule has 1 saturated heterocycles. The molecular weight excluding hydrogens is 475 g/mol. The largest absolute Gasteiger partial charge is 0.494 e. The first-order chi connectivity index (χ1) is 16.6. The molecule has 2 aromatic carbocycles. The first kappa shape index (κ1) is 24.4. The van der Waals surface area contributed by atoms with Crippen molar-refractivity contribution in [3.8, 4) is 5.75 Å². The van der Waals surface area contributed by atoms with Gasteiger partial charge in [0, 0.05) is 36.7 Å². The average Bonchev–Trinajstić information content (AvgIpc) is 3.23. The molecule has 0 bridgehead atoms. The van der Waals surface area contributed by atoms with Crippen molar-refractivity contribution in [3.63, 3.8) is 0 Å². The van der Waals surface area contributed by atoms with Crippen molar-refractivity contribution < 1.29 is 27.1 Å². The molecule has 0 spiro atoms. The number of aryl methyl sites for hydroxylation is 1. The second-order valence-electron chi connectivity index (χ2n) is 8.28. The van der Waals surface area contributed by atoms with Crippen molar-refractivity contribution >= 4 is 43.9 Å². The molecule has 0 radical (unpaired) electrons. The van der Waals surface area contributed by atoms with E-state index in [4.69, 9.17) is 10.5 Å². The van der Waals surface area contributed by atoms with Crippen molar-refractivity contribution in [1.82, 2.24) is 9.88 Å². The van der Waals surface area contributed by atoms with Gasteiger partial charge in [-0.3, -0.25) is 9.59 Å². The highest BCUT2D eigenvalue weighted by molar-refractivity contribution is 7.91. The number of nitrogens with two attached hydrogens (primary N) is 1. The Morgan fingerprint density at radius 1 is 1.29 bits per heavy atom. The lowest BCUT2D eigenvalue weighted by molar-refractivity contribution is -0.127. The molecule has 3 N–H and O–H groups in total. The maximum Gasteiger partial charge on any atom is 0.253 e. The van der Waals surface area contributed by atoms with Crippen LogP contribution in [0.3, 0.4) is 0 Å². The summed E-state index contributed by atoms with van der Waals surface area (Å²) in [7, 11) is -2.80. The van der Waals surface area contributed by atoms with Gasteiger partial charge in [-0.1, -0.05) is 18.2 Å². The molecule has 1 aliphatic heterocycles. The third-order valence-electron chi connectivity index (χ3n) is 5.95. The molecule has 184 valence electrons. The number of carbonyl (C=O) groups excluding carboxylic acids is 2. The van der Waals surface area contributed by atoms with E-state index in [0.717, 1.165) is 0 Å². The Hall–Kier alpha value is -3.73. The number of para-hydroxylation sites is 1. The van der Waals surface area contributed by atoms with E-state index in [-0.39, 0.29) is 29.5 Å². The number of benzene rings is 2. The van der Waals surface area contributed by atoms with Gasteiger partial charge in [0.2, 0.25) is 5.91 Å². The van der Waals surface area contributed by atoms with Gasteiger partial charge in [-0.25, -0.2) is 17.8 Å². The molecule has 0 saturated carbocycles. The molecule has 3 aromatic rings. The zero-order chi connectivity index (χ0) is 25.3. The number of carbonyl (C=O) groups is 2. The SMILES string of the molecule is COc1cc(Nc2c(C(N)=O)c(S(=O)(=O)CCN3CCCC3=O)nc3c(C)cccc23)ccc1F. The van der Waals surface area contributed by atoms with Crippen molar-refractivity contribution in [3.05, 3.63) is 53.3 Å². The van der Waals surface area contributed by atoms with Crippen LogP contribution in [0.2, 0.25) is 0 Å². The van der Waals surface area contributed by atoms with Crippen LogP contribution in [0.5, 0.6) is 5.75 Å². The van der Waals surface area contributed by atoms with Crippen LogP contribution in [0, 0.1) is 12.7 Å². The Balaban J connectivity index is 1.88. The summed E-state index contributed by atoms with van der Waals surface area (Å²) in [5, 5.41) is 3.03. The summed E-state index contributed by atoms with van der Waals surface area (Å²) in [5.41, 5.74) is 6.91. The van der Waals surface area contributed by atoms with E-state index in [1.165, 1.54) is 30.2 Å². The van der Waals surface area contributed by atoms with Crippen LogP contribution in [0.1, 0.15) is 28.8 Å². The minimum Gasteiger partial charge on any atom is -0.494 e. The molecule has 0 aliphatic carbocycles. The zero-order valence-electron chi connectivity index (χ0n) is 19.3. The Morgan fingerprint density at radius 2 is 2.06 bits per heavy atom. The van der Waals surface area contributed by atoms with Gasteiger partial charge in [0.25, 0.3) is 5.91 Å². The van der Waals surface area contributed by atoms with Gasteiger partial charge < -0.3 is 20.7 Å². The molecule has 1 aromatic heterocycles. The number of amides is 2. The lowest BCUT2D eigenvalue weighted by atomic mass is 10.1. The molecule has 0 atom stereocenters.